The van der Waals surface area contributed by atoms with Gasteiger partial charge in [0, 0.05) is 5.69 Å². The first-order valence-corrected chi connectivity index (χ1v) is 6.45. The molecule has 21 heavy (non-hydrogen) atoms. The zero-order chi connectivity index (χ0) is 14.8. The summed E-state index contributed by atoms with van der Waals surface area (Å²) in [5, 5.41) is 18.1. The molecule has 0 fully saturated rings. The molecule has 1 heterocycles. The second-order valence-electron chi connectivity index (χ2n) is 4.68. The zero-order valence-corrected chi connectivity index (χ0v) is 11.1. The van der Waals surface area contributed by atoms with Crippen LogP contribution in [0, 0.1) is 11.3 Å². The average molecular weight is 280 g/mol. The van der Waals surface area contributed by atoms with E-state index in [9.17, 15) is 9.90 Å². The molecule has 104 valence electrons. The fraction of sp³-hybridized carbons (Fsp3) is 0.125. The van der Waals surface area contributed by atoms with Crippen molar-refractivity contribution in [2.75, 3.05) is 11.4 Å². The third-order valence-electron chi connectivity index (χ3n) is 3.36. The van der Waals surface area contributed by atoms with Gasteiger partial charge >= 0.3 is 5.97 Å². The van der Waals surface area contributed by atoms with Crippen molar-refractivity contribution in [3.05, 3.63) is 54.1 Å². The van der Waals surface area contributed by atoms with E-state index in [0.717, 1.165) is 11.4 Å². The van der Waals surface area contributed by atoms with Crippen molar-refractivity contribution in [2.24, 2.45) is 0 Å². The van der Waals surface area contributed by atoms with E-state index < -0.39 is 12.1 Å². The lowest BCUT2D eigenvalue weighted by atomic mass is 10.1. The topological polar surface area (TPSA) is 73.6 Å². The first kappa shape index (κ1) is 13.0. The Hall–Kier alpha value is -3.00. The van der Waals surface area contributed by atoms with E-state index in [-0.39, 0.29) is 6.54 Å². The van der Waals surface area contributed by atoms with Crippen LogP contribution in [0.1, 0.15) is 5.56 Å². The highest BCUT2D eigenvalue weighted by molar-refractivity contribution is 5.79. The van der Waals surface area contributed by atoms with Gasteiger partial charge in [0.2, 0.25) is 6.10 Å². The summed E-state index contributed by atoms with van der Waals surface area (Å²) in [6, 6.07) is 16.4. The maximum absolute atomic E-state index is 11.2. The van der Waals surface area contributed by atoms with Crippen molar-refractivity contribution in [2.45, 2.75) is 6.10 Å². The molecular weight excluding hydrogens is 268 g/mol. The molecule has 1 aliphatic heterocycles. The summed E-state index contributed by atoms with van der Waals surface area (Å²) < 4.78 is 5.50. The van der Waals surface area contributed by atoms with Crippen molar-refractivity contribution in [1.29, 1.82) is 5.26 Å². The van der Waals surface area contributed by atoms with Gasteiger partial charge < -0.3 is 14.7 Å². The molecule has 0 spiro atoms. The van der Waals surface area contributed by atoms with E-state index >= 15 is 0 Å². The molecule has 3 rings (SSSR count). The second-order valence-corrected chi connectivity index (χ2v) is 4.68. The third kappa shape index (κ3) is 2.39. The van der Waals surface area contributed by atoms with Gasteiger partial charge in [-0.15, -0.1) is 0 Å². The number of nitrogens with zero attached hydrogens (tertiary/aromatic N) is 2. The highest BCUT2D eigenvalue weighted by Gasteiger charge is 2.31. The summed E-state index contributed by atoms with van der Waals surface area (Å²) >= 11 is 0. The van der Waals surface area contributed by atoms with Crippen molar-refractivity contribution in [1.82, 2.24) is 0 Å². The highest BCUT2D eigenvalue weighted by Crippen LogP contribution is 2.37. The van der Waals surface area contributed by atoms with Crippen molar-refractivity contribution in [3.63, 3.8) is 0 Å². The second kappa shape index (κ2) is 5.17. The molecule has 1 atom stereocenters. The maximum atomic E-state index is 11.2. The van der Waals surface area contributed by atoms with Crippen LogP contribution < -0.4 is 9.64 Å². The van der Waals surface area contributed by atoms with E-state index in [2.05, 4.69) is 6.07 Å². The normalized spacial score (nSPS) is 16.5. The predicted octanol–water partition coefficient (Wildman–Crippen LogP) is 2.54. The van der Waals surface area contributed by atoms with Crippen LogP contribution in [0.5, 0.6) is 5.75 Å². The van der Waals surface area contributed by atoms with Gasteiger partial charge in [0.1, 0.15) is 5.75 Å². The number of carboxylic acid groups (broad SMARTS) is 1. The Bertz CT molecular complexity index is 719. The Morgan fingerprint density at radius 1 is 1.24 bits per heavy atom. The number of benzene rings is 2. The van der Waals surface area contributed by atoms with Crippen LogP contribution in [0.3, 0.4) is 0 Å². The number of fused-ring (bicyclic) bond motifs is 1. The Morgan fingerprint density at radius 3 is 2.62 bits per heavy atom. The summed E-state index contributed by atoms with van der Waals surface area (Å²) in [5.41, 5.74) is 2.21. The molecule has 0 saturated carbocycles. The van der Waals surface area contributed by atoms with Gasteiger partial charge in [-0.3, -0.25) is 0 Å². The number of carbonyl (C=O) groups is 1. The van der Waals surface area contributed by atoms with Crippen LogP contribution in [-0.2, 0) is 4.79 Å². The fourth-order valence-corrected chi connectivity index (χ4v) is 2.32. The molecule has 0 radical (unpaired) electrons. The zero-order valence-electron chi connectivity index (χ0n) is 11.1. The number of hydrogen-bond acceptors (Lipinski definition) is 4. The van der Waals surface area contributed by atoms with Gasteiger partial charge in [-0.2, -0.15) is 5.26 Å². The minimum Gasteiger partial charge on any atom is -0.478 e. The van der Waals surface area contributed by atoms with Gasteiger partial charge in [-0.1, -0.05) is 12.1 Å². The van der Waals surface area contributed by atoms with E-state index in [1.54, 1.807) is 36.4 Å². The molecule has 0 aliphatic carbocycles. The van der Waals surface area contributed by atoms with Crippen LogP contribution in [0.25, 0.3) is 0 Å². The summed E-state index contributed by atoms with van der Waals surface area (Å²) in [4.78, 5) is 13.1. The Morgan fingerprint density at radius 2 is 1.95 bits per heavy atom. The third-order valence-corrected chi connectivity index (χ3v) is 3.36. The number of anilines is 2. The molecule has 0 aromatic heterocycles. The van der Waals surface area contributed by atoms with Gasteiger partial charge in [-0.25, -0.2) is 4.79 Å². The highest BCUT2D eigenvalue weighted by atomic mass is 16.5. The summed E-state index contributed by atoms with van der Waals surface area (Å²) in [6.45, 7) is 0.220. The molecule has 1 aliphatic rings. The average Bonchev–Trinajstić information content (AvgIpc) is 2.54. The van der Waals surface area contributed by atoms with Gasteiger partial charge in [0.25, 0.3) is 0 Å². The molecule has 0 bridgehead atoms. The number of hydrogen-bond donors (Lipinski definition) is 1. The quantitative estimate of drug-likeness (QED) is 0.915. The number of para-hydroxylation sites is 2. The Kier molecular flexibility index (Phi) is 3.20. The maximum Gasteiger partial charge on any atom is 0.346 e. The van der Waals surface area contributed by atoms with Crippen LogP contribution in [0.15, 0.2) is 48.5 Å². The minimum absolute atomic E-state index is 0.220. The van der Waals surface area contributed by atoms with E-state index in [1.165, 1.54) is 0 Å². The molecule has 2 aromatic rings. The lowest BCUT2D eigenvalue weighted by Gasteiger charge is -2.34. The number of rotatable bonds is 2. The van der Waals surface area contributed by atoms with Crippen molar-refractivity contribution in [3.8, 4) is 11.8 Å². The van der Waals surface area contributed by atoms with Crippen LogP contribution in [0.4, 0.5) is 11.4 Å². The van der Waals surface area contributed by atoms with Crippen molar-refractivity contribution < 1.29 is 14.6 Å². The smallest absolute Gasteiger partial charge is 0.346 e. The molecule has 5 nitrogen and oxygen atoms in total. The van der Waals surface area contributed by atoms with Crippen LogP contribution in [-0.4, -0.2) is 23.7 Å². The summed E-state index contributed by atoms with van der Waals surface area (Å²) in [7, 11) is 0. The van der Waals surface area contributed by atoms with E-state index in [1.807, 2.05) is 17.0 Å². The number of nitriles is 1. The molecule has 1 N–H and O–H groups in total. The number of ether oxygens (including phenoxy) is 1. The lowest BCUT2D eigenvalue weighted by molar-refractivity contribution is -0.144. The van der Waals surface area contributed by atoms with Crippen LogP contribution >= 0.6 is 0 Å². The SMILES string of the molecule is N#Cc1ccc(N2CC(C(=O)O)Oc3ccccc32)cc1. The number of carboxylic acids is 1. The van der Waals surface area contributed by atoms with Crippen molar-refractivity contribution >= 4 is 17.3 Å². The Labute approximate surface area is 121 Å². The van der Waals surface area contributed by atoms with Gasteiger partial charge in [0.15, 0.2) is 0 Å². The van der Waals surface area contributed by atoms with Gasteiger partial charge in [0.05, 0.1) is 23.9 Å². The van der Waals surface area contributed by atoms with E-state index in [4.69, 9.17) is 10.00 Å². The molecule has 1 unspecified atom stereocenters. The first-order chi connectivity index (χ1) is 10.2. The van der Waals surface area contributed by atoms with E-state index in [0.29, 0.717) is 11.3 Å². The molecule has 2 aromatic carbocycles. The molecule has 5 heteroatoms. The molecule has 0 amide bonds. The number of aliphatic carboxylic acids is 1. The molecular formula is C16H12N2O3. The Balaban J connectivity index is 2.03. The standard InChI is InChI=1S/C16H12N2O3/c17-9-11-5-7-12(8-6-11)18-10-15(16(19)20)21-14-4-2-1-3-13(14)18/h1-8,15H,10H2,(H,19,20). The first-order valence-electron chi connectivity index (χ1n) is 6.45. The summed E-state index contributed by atoms with van der Waals surface area (Å²) in [5.74, 6) is -0.455. The fourth-order valence-electron chi connectivity index (χ4n) is 2.32. The predicted molar refractivity (Wildman–Crippen MR) is 76.7 cm³/mol. The largest absolute Gasteiger partial charge is 0.478 e. The minimum atomic E-state index is -0.997. The molecule has 0 saturated heterocycles. The monoisotopic (exact) mass is 280 g/mol. The lowest BCUT2D eigenvalue weighted by Crippen LogP contribution is -2.42. The van der Waals surface area contributed by atoms with Crippen LogP contribution in [0.2, 0.25) is 0 Å². The van der Waals surface area contributed by atoms with Gasteiger partial charge in [-0.05, 0) is 36.4 Å². The summed E-state index contributed by atoms with van der Waals surface area (Å²) in [6.07, 6.45) is -0.921.